The molecule has 2 aromatic rings. The van der Waals surface area contributed by atoms with E-state index in [4.69, 9.17) is 0 Å². The van der Waals surface area contributed by atoms with Crippen molar-refractivity contribution in [3.63, 3.8) is 0 Å². The Morgan fingerprint density at radius 3 is 2.85 bits per heavy atom. The van der Waals surface area contributed by atoms with Crippen LogP contribution in [0.5, 0.6) is 0 Å². The van der Waals surface area contributed by atoms with E-state index in [1.54, 1.807) is 25.3 Å². The summed E-state index contributed by atoms with van der Waals surface area (Å²) in [4.78, 5) is 20.7. The van der Waals surface area contributed by atoms with Gasteiger partial charge in [-0.15, -0.1) is 0 Å². The molecular formula is C15H14FN3O. The summed E-state index contributed by atoms with van der Waals surface area (Å²) in [5, 5.41) is 2.65. The van der Waals surface area contributed by atoms with Gasteiger partial charge in [0.25, 0.3) is 5.91 Å². The van der Waals surface area contributed by atoms with Gasteiger partial charge in [0.05, 0.1) is 11.3 Å². The number of hydrogen-bond donors (Lipinski definition) is 1. The molecule has 20 heavy (non-hydrogen) atoms. The minimum absolute atomic E-state index is 0.324. The zero-order chi connectivity index (χ0) is 14.1. The number of nitrogens with one attached hydrogen (secondary N) is 1. The van der Waals surface area contributed by atoms with Crippen LogP contribution in [0, 0.1) is 12.7 Å². The lowest BCUT2D eigenvalue weighted by molar-refractivity contribution is 0.102. The molecule has 102 valence electrons. The van der Waals surface area contributed by atoms with E-state index in [9.17, 15) is 9.18 Å². The molecule has 1 amide bonds. The van der Waals surface area contributed by atoms with E-state index in [1.165, 1.54) is 12.1 Å². The number of rotatable bonds is 3. The first-order valence-electron chi connectivity index (χ1n) is 6.54. The van der Waals surface area contributed by atoms with Crippen molar-refractivity contribution < 1.29 is 9.18 Å². The van der Waals surface area contributed by atoms with Crippen LogP contribution in [0.2, 0.25) is 0 Å². The number of carbonyl (C=O) groups is 1. The average molecular weight is 271 g/mol. The Labute approximate surface area is 116 Å². The zero-order valence-corrected chi connectivity index (χ0v) is 11.1. The first-order valence-corrected chi connectivity index (χ1v) is 6.54. The smallest absolute Gasteiger partial charge is 0.259 e. The summed E-state index contributed by atoms with van der Waals surface area (Å²) in [5.74, 6) is 0.550. The number of halogens is 1. The summed E-state index contributed by atoms with van der Waals surface area (Å²) in [5.41, 5.74) is 1.48. The van der Waals surface area contributed by atoms with Gasteiger partial charge in [0.2, 0.25) is 0 Å². The van der Waals surface area contributed by atoms with Crippen molar-refractivity contribution in [2.75, 3.05) is 5.32 Å². The molecule has 1 N–H and O–H groups in total. The highest BCUT2D eigenvalue weighted by Crippen LogP contribution is 2.37. The van der Waals surface area contributed by atoms with Crippen LogP contribution in [-0.4, -0.2) is 15.9 Å². The van der Waals surface area contributed by atoms with Crippen molar-refractivity contribution in [3.05, 3.63) is 53.4 Å². The second-order valence-electron chi connectivity index (χ2n) is 4.97. The van der Waals surface area contributed by atoms with Gasteiger partial charge in [-0.25, -0.2) is 14.4 Å². The van der Waals surface area contributed by atoms with Crippen LogP contribution in [0.1, 0.15) is 40.6 Å². The molecule has 0 radical (unpaired) electrons. The van der Waals surface area contributed by atoms with Gasteiger partial charge in [-0.2, -0.15) is 0 Å². The number of aromatic nitrogens is 2. The lowest BCUT2D eigenvalue weighted by atomic mass is 10.2. The maximum Gasteiger partial charge on any atom is 0.259 e. The molecule has 1 fully saturated rings. The van der Waals surface area contributed by atoms with Crippen molar-refractivity contribution in [3.8, 4) is 0 Å². The number of carbonyl (C=O) groups excluding carboxylic acids is 1. The molecule has 1 aliphatic carbocycles. The molecule has 5 heteroatoms. The van der Waals surface area contributed by atoms with Gasteiger partial charge in [0.1, 0.15) is 11.6 Å². The number of amides is 1. The van der Waals surface area contributed by atoms with Gasteiger partial charge in [0.15, 0.2) is 0 Å². The van der Waals surface area contributed by atoms with Gasteiger partial charge in [-0.3, -0.25) is 4.79 Å². The molecule has 4 nitrogen and oxygen atoms in total. The first-order chi connectivity index (χ1) is 9.63. The molecule has 0 saturated heterocycles. The topological polar surface area (TPSA) is 54.9 Å². The minimum Gasteiger partial charge on any atom is -0.322 e. The van der Waals surface area contributed by atoms with Gasteiger partial charge >= 0.3 is 0 Å². The molecule has 0 bridgehead atoms. The summed E-state index contributed by atoms with van der Waals surface area (Å²) < 4.78 is 13.1. The fourth-order valence-electron chi connectivity index (χ4n) is 2.01. The lowest BCUT2D eigenvalue weighted by Gasteiger charge is -2.08. The van der Waals surface area contributed by atoms with Crippen molar-refractivity contribution in [1.82, 2.24) is 9.97 Å². The number of hydrogen-bond acceptors (Lipinski definition) is 3. The molecule has 0 atom stereocenters. The van der Waals surface area contributed by atoms with E-state index < -0.39 is 0 Å². The normalized spacial score (nSPS) is 14.1. The standard InChI is InChI=1S/C15H14FN3O/c1-9-13(8-17-14(18-9)10-5-6-10)15(20)19-12-4-2-3-11(16)7-12/h2-4,7-8,10H,5-6H2,1H3,(H,19,20). The molecule has 1 aromatic heterocycles. The fourth-order valence-corrected chi connectivity index (χ4v) is 2.01. The highest BCUT2D eigenvalue weighted by molar-refractivity contribution is 6.04. The van der Waals surface area contributed by atoms with Crippen molar-refractivity contribution in [1.29, 1.82) is 0 Å². The van der Waals surface area contributed by atoms with Crippen molar-refractivity contribution in [2.24, 2.45) is 0 Å². The predicted molar refractivity (Wildman–Crippen MR) is 73.1 cm³/mol. The molecule has 0 unspecified atom stereocenters. The van der Waals surface area contributed by atoms with Gasteiger partial charge in [0, 0.05) is 17.8 Å². The molecule has 1 saturated carbocycles. The van der Waals surface area contributed by atoms with Crippen LogP contribution in [0.15, 0.2) is 30.5 Å². The third-order valence-corrected chi connectivity index (χ3v) is 3.27. The highest BCUT2D eigenvalue weighted by atomic mass is 19.1. The summed E-state index contributed by atoms with van der Waals surface area (Å²) >= 11 is 0. The molecule has 0 spiro atoms. The summed E-state index contributed by atoms with van der Waals surface area (Å²) in [6.45, 7) is 1.79. The molecule has 1 heterocycles. The monoisotopic (exact) mass is 271 g/mol. The third kappa shape index (κ3) is 2.66. The lowest BCUT2D eigenvalue weighted by Crippen LogP contribution is -2.15. The quantitative estimate of drug-likeness (QED) is 0.933. The van der Waals surface area contributed by atoms with E-state index in [0.717, 1.165) is 18.7 Å². The van der Waals surface area contributed by atoms with Crippen LogP contribution in [0.4, 0.5) is 10.1 Å². The third-order valence-electron chi connectivity index (χ3n) is 3.27. The van der Waals surface area contributed by atoms with Gasteiger partial charge in [-0.1, -0.05) is 6.07 Å². The Bertz CT molecular complexity index is 668. The van der Waals surface area contributed by atoms with E-state index in [1.807, 2.05) is 0 Å². The van der Waals surface area contributed by atoms with E-state index in [0.29, 0.717) is 22.9 Å². The molecule has 1 aromatic carbocycles. The Morgan fingerprint density at radius 2 is 2.20 bits per heavy atom. The predicted octanol–water partition coefficient (Wildman–Crippen LogP) is 3.05. The zero-order valence-electron chi connectivity index (χ0n) is 11.1. The Kier molecular flexibility index (Phi) is 3.18. The summed E-state index contributed by atoms with van der Waals surface area (Å²) in [6, 6.07) is 5.78. The highest BCUT2D eigenvalue weighted by Gasteiger charge is 2.27. The maximum atomic E-state index is 13.1. The maximum absolute atomic E-state index is 13.1. The van der Waals surface area contributed by atoms with Crippen LogP contribution >= 0.6 is 0 Å². The molecular weight excluding hydrogens is 257 g/mol. The summed E-state index contributed by atoms with van der Waals surface area (Å²) in [7, 11) is 0. The Balaban J connectivity index is 1.79. The van der Waals surface area contributed by atoms with Crippen molar-refractivity contribution >= 4 is 11.6 Å². The van der Waals surface area contributed by atoms with Crippen LogP contribution < -0.4 is 5.32 Å². The first kappa shape index (κ1) is 12.7. The number of aryl methyl sites for hydroxylation is 1. The second kappa shape index (κ2) is 5.00. The Hall–Kier alpha value is -2.30. The van der Waals surface area contributed by atoms with E-state index >= 15 is 0 Å². The number of nitrogens with zero attached hydrogens (tertiary/aromatic N) is 2. The van der Waals surface area contributed by atoms with Crippen LogP contribution in [-0.2, 0) is 0 Å². The molecule has 0 aliphatic heterocycles. The number of anilines is 1. The average Bonchev–Trinajstić information content (AvgIpc) is 3.22. The van der Waals surface area contributed by atoms with Crippen LogP contribution in [0.25, 0.3) is 0 Å². The minimum atomic E-state index is -0.389. The second-order valence-corrected chi connectivity index (χ2v) is 4.97. The Morgan fingerprint density at radius 1 is 1.40 bits per heavy atom. The van der Waals surface area contributed by atoms with E-state index in [2.05, 4.69) is 15.3 Å². The van der Waals surface area contributed by atoms with Gasteiger partial charge < -0.3 is 5.32 Å². The number of benzene rings is 1. The van der Waals surface area contributed by atoms with Crippen LogP contribution in [0.3, 0.4) is 0 Å². The molecule has 1 aliphatic rings. The van der Waals surface area contributed by atoms with Gasteiger partial charge in [-0.05, 0) is 38.0 Å². The van der Waals surface area contributed by atoms with Crippen molar-refractivity contribution in [2.45, 2.75) is 25.7 Å². The summed E-state index contributed by atoms with van der Waals surface area (Å²) in [6.07, 6.45) is 3.78. The molecule has 3 rings (SSSR count). The largest absolute Gasteiger partial charge is 0.322 e. The SMILES string of the molecule is Cc1nc(C2CC2)ncc1C(=O)Nc1cccc(F)c1. The fraction of sp³-hybridized carbons (Fsp3) is 0.267. The van der Waals surface area contributed by atoms with E-state index in [-0.39, 0.29) is 11.7 Å².